The molecule has 1 aromatic carbocycles. The van der Waals surface area contributed by atoms with Gasteiger partial charge in [0, 0.05) is 29.4 Å². The Morgan fingerprint density at radius 2 is 2.08 bits per heavy atom. The molecule has 0 saturated carbocycles. The van der Waals surface area contributed by atoms with E-state index in [4.69, 9.17) is 16.0 Å². The lowest BCUT2D eigenvalue weighted by atomic mass is 10.1. The number of anilines is 2. The minimum Gasteiger partial charge on any atom is -0.423 e. The van der Waals surface area contributed by atoms with E-state index in [1.165, 1.54) is 12.3 Å². The van der Waals surface area contributed by atoms with Crippen molar-refractivity contribution < 1.29 is 9.21 Å². The molecule has 122 valence electrons. The SMILES string of the molecule is Cc1cc(=O)oc2cc(NC(=O)CNc3ccc(Cl)cn3)ccc12. The molecule has 3 rings (SSSR count). The summed E-state index contributed by atoms with van der Waals surface area (Å²) in [5.74, 6) is 0.302. The monoisotopic (exact) mass is 343 g/mol. The van der Waals surface area contributed by atoms with Gasteiger partial charge in [-0.25, -0.2) is 9.78 Å². The van der Waals surface area contributed by atoms with E-state index in [-0.39, 0.29) is 12.5 Å². The molecule has 0 aliphatic rings. The summed E-state index contributed by atoms with van der Waals surface area (Å²) in [6.45, 7) is 1.88. The Kier molecular flexibility index (Phi) is 4.48. The summed E-state index contributed by atoms with van der Waals surface area (Å²) in [7, 11) is 0. The third-order valence-electron chi connectivity index (χ3n) is 3.39. The Morgan fingerprint density at radius 1 is 1.25 bits per heavy atom. The van der Waals surface area contributed by atoms with Gasteiger partial charge in [-0.2, -0.15) is 0 Å². The molecule has 0 spiro atoms. The van der Waals surface area contributed by atoms with Gasteiger partial charge in [0.2, 0.25) is 5.91 Å². The lowest BCUT2D eigenvalue weighted by Crippen LogP contribution is -2.22. The zero-order chi connectivity index (χ0) is 17.1. The second-order valence-corrected chi connectivity index (χ2v) is 5.66. The molecule has 0 unspecified atom stereocenters. The van der Waals surface area contributed by atoms with Gasteiger partial charge in [0.05, 0.1) is 11.6 Å². The van der Waals surface area contributed by atoms with E-state index in [2.05, 4.69) is 15.6 Å². The van der Waals surface area contributed by atoms with Gasteiger partial charge >= 0.3 is 5.63 Å². The molecule has 1 amide bonds. The predicted octanol–water partition coefficient (Wildman–Crippen LogP) is 3.20. The lowest BCUT2D eigenvalue weighted by molar-refractivity contribution is -0.114. The fourth-order valence-corrected chi connectivity index (χ4v) is 2.37. The van der Waals surface area contributed by atoms with Crippen LogP contribution in [0.15, 0.2) is 51.8 Å². The Morgan fingerprint density at radius 3 is 2.83 bits per heavy atom. The number of pyridine rings is 1. The minimum absolute atomic E-state index is 0.0461. The fraction of sp³-hybridized carbons (Fsp3) is 0.118. The number of fused-ring (bicyclic) bond motifs is 1. The number of hydrogen-bond donors (Lipinski definition) is 2. The number of nitrogens with one attached hydrogen (secondary N) is 2. The number of halogens is 1. The van der Waals surface area contributed by atoms with E-state index in [0.29, 0.717) is 22.1 Å². The van der Waals surface area contributed by atoms with Crippen LogP contribution in [0.5, 0.6) is 0 Å². The summed E-state index contributed by atoms with van der Waals surface area (Å²) in [5, 5.41) is 6.98. The molecular weight excluding hydrogens is 330 g/mol. The first-order chi connectivity index (χ1) is 11.5. The molecule has 3 aromatic rings. The van der Waals surface area contributed by atoms with E-state index in [0.717, 1.165) is 10.9 Å². The number of benzene rings is 1. The standard InChI is InChI=1S/C17H14ClN3O3/c1-10-6-17(23)24-14-7-12(3-4-13(10)14)21-16(22)9-20-15-5-2-11(18)8-19-15/h2-8H,9H2,1H3,(H,19,20)(H,21,22). The number of rotatable bonds is 4. The maximum absolute atomic E-state index is 12.0. The Balaban J connectivity index is 1.69. The van der Waals surface area contributed by atoms with Gasteiger partial charge in [0.15, 0.2) is 0 Å². The Labute approximate surface area is 142 Å². The van der Waals surface area contributed by atoms with Crippen LogP contribution in [0.2, 0.25) is 5.02 Å². The maximum Gasteiger partial charge on any atom is 0.336 e. The van der Waals surface area contributed by atoms with Crippen LogP contribution in [0.4, 0.5) is 11.5 Å². The van der Waals surface area contributed by atoms with Gasteiger partial charge in [-0.15, -0.1) is 0 Å². The van der Waals surface area contributed by atoms with Gasteiger partial charge in [-0.05, 0) is 36.8 Å². The van der Waals surface area contributed by atoms with Crippen molar-refractivity contribution >= 4 is 40.0 Å². The van der Waals surface area contributed by atoms with Crippen molar-refractivity contribution in [2.45, 2.75) is 6.92 Å². The maximum atomic E-state index is 12.0. The zero-order valence-electron chi connectivity index (χ0n) is 12.8. The number of amides is 1. The highest BCUT2D eigenvalue weighted by Crippen LogP contribution is 2.20. The van der Waals surface area contributed by atoms with Crippen LogP contribution in [0.25, 0.3) is 11.0 Å². The molecule has 6 nitrogen and oxygen atoms in total. The molecule has 0 saturated heterocycles. The predicted molar refractivity (Wildman–Crippen MR) is 93.6 cm³/mol. The molecule has 2 N–H and O–H groups in total. The first kappa shape index (κ1) is 16.0. The van der Waals surface area contributed by atoms with Crippen LogP contribution < -0.4 is 16.3 Å². The highest BCUT2D eigenvalue weighted by Gasteiger charge is 2.06. The molecule has 2 heterocycles. The number of aryl methyl sites for hydroxylation is 1. The van der Waals surface area contributed by atoms with Gasteiger partial charge in [-0.1, -0.05) is 11.6 Å². The van der Waals surface area contributed by atoms with Crippen LogP contribution in [0, 0.1) is 6.92 Å². The van der Waals surface area contributed by atoms with Gasteiger partial charge in [0.1, 0.15) is 11.4 Å². The van der Waals surface area contributed by atoms with Gasteiger partial charge in [-0.3, -0.25) is 4.79 Å². The molecule has 0 radical (unpaired) electrons. The quantitative estimate of drug-likeness (QED) is 0.711. The molecule has 0 aliphatic heterocycles. The number of carbonyl (C=O) groups is 1. The van der Waals surface area contributed by atoms with E-state index in [1.807, 2.05) is 6.92 Å². The smallest absolute Gasteiger partial charge is 0.336 e. The van der Waals surface area contributed by atoms with Crippen molar-refractivity contribution in [2.75, 3.05) is 17.2 Å². The van der Waals surface area contributed by atoms with Crippen molar-refractivity contribution in [2.24, 2.45) is 0 Å². The molecule has 0 atom stereocenters. The summed E-state index contributed by atoms with van der Waals surface area (Å²) in [6.07, 6.45) is 1.50. The topological polar surface area (TPSA) is 84.2 Å². The normalized spacial score (nSPS) is 10.6. The number of aromatic nitrogens is 1. The van der Waals surface area contributed by atoms with Crippen molar-refractivity contribution in [1.82, 2.24) is 4.98 Å². The zero-order valence-corrected chi connectivity index (χ0v) is 13.6. The average Bonchev–Trinajstić information content (AvgIpc) is 2.54. The molecular formula is C17H14ClN3O3. The largest absolute Gasteiger partial charge is 0.423 e. The third kappa shape index (κ3) is 3.72. The number of carbonyl (C=O) groups excluding carboxylic acids is 1. The fourth-order valence-electron chi connectivity index (χ4n) is 2.26. The molecule has 2 aromatic heterocycles. The van der Waals surface area contributed by atoms with E-state index in [9.17, 15) is 9.59 Å². The Hall–Kier alpha value is -2.86. The summed E-state index contributed by atoms with van der Waals surface area (Å²) in [4.78, 5) is 27.5. The summed E-state index contributed by atoms with van der Waals surface area (Å²) < 4.78 is 5.16. The molecule has 0 bridgehead atoms. The van der Waals surface area contributed by atoms with Crippen molar-refractivity contribution in [3.8, 4) is 0 Å². The molecule has 0 fully saturated rings. The van der Waals surface area contributed by atoms with Crippen molar-refractivity contribution in [3.63, 3.8) is 0 Å². The van der Waals surface area contributed by atoms with Gasteiger partial charge < -0.3 is 15.1 Å². The van der Waals surface area contributed by atoms with Gasteiger partial charge in [0.25, 0.3) is 0 Å². The highest BCUT2D eigenvalue weighted by molar-refractivity contribution is 6.30. The number of nitrogens with zero attached hydrogens (tertiary/aromatic N) is 1. The average molecular weight is 344 g/mol. The third-order valence-corrected chi connectivity index (χ3v) is 3.62. The minimum atomic E-state index is -0.418. The second-order valence-electron chi connectivity index (χ2n) is 5.22. The lowest BCUT2D eigenvalue weighted by Gasteiger charge is -2.08. The number of hydrogen-bond acceptors (Lipinski definition) is 5. The van der Waals surface area contributed by atoms with Crippen LogP contribution in [-0.2, 0) is 4.79 Å². The van der Waals surface area contributed by atoms with Crippen LogP contribution in [0.3, 0.4) is 0 Å². The van der Waals surface area contributed by atoms with Crippen LogP contribution >= 0.6 is 11.6 Å². The first-order valence-electron chi connectivity index (χ1n) is 7.21. The summed E-state index contributed by atoms with van der Waals surface area (Å²) >= 11 is 5.75. The van der Waals surface area contributed by atoms with Crippen LogP contribution in [-0.4, -0.2) is 17.4 Å². The molecule has 0 aliphatic carbocycles. The molecule has 24 heavy (non-hydrogen) atoms. The van der Waals surface area contributed by atoms with E-state index in [1.54, 1.807) is 30.3 Å². The first-order valence-corrected chi connectivity index (χ1v) is 7.59. The summed E-state index contributed by atoms with van der Waals surface area (Å²) in [5.41, 5.74) is 1.39. The van der Waals surface area contributed by atoms with E-state index < -0.39 is 5.63 Å². The molecule has 7 heteroatoms. The van der Waals surface area contributed by atoms with Crippen molar-refractivity contribution in [1.29, 1.82) is 0 Å². The van der Waals surface area contributed by atoms with Crippen molar-refractivity contribution in [3.05, 3.63) is 63.6 Å². The highest BCUT2D eigenvalue weighted by atomic mass is 35.5. The van der Waals surface area contributed by atoms with Crippen LogP contribution in [0.1, 0.15) is 5.56 Å². The van der Waals surface area contributed by atoms with E-state index >= 15 is 0 Å². The Bertz CT molecular complexity index is 951. The summed E-state index contributed by atoms with van der Waals surface area (Å²) in [6, 6.07) is 9.99. The second kappa shape index (κ2) is 6.72.